The highest BCUT2D eigenvalue weighted by atomic mass is 32.1. The van der Waals surface area contributed by atoms with E-state index in [9.17, 15) is 14.7 Å². The summed E-state index contributed by atoms with van der Waals surface area (Å²) < 4.78 is 5.36. The van der Waals surface area contributed by atoms with Crippen molar-refractivity contribution >= 4 is 23.0 Å². The van der Waals surface area contributed by atoms with E-state index in [0.717, 1.165) is 50.5 Å². The van der Waals surface area contributed by atoms with Crippen molar-refractivity contribution in [2.45, 2.75) is 63.5 Å². The minimum atomic E-state index is -0.486. The molecule has 6 rings (SSSR count). The molecule has 2 atom stereocenters. The van der Waals surface area contributed by atoms with Crippen molar-refractivity contribution in [2.75, 3.05) is 13.2 Å². The van der Waals surface area contributed by atoms with Crippen LogP contribution in [0.25, 0.3) is 0 Å². The third-order valence-corrected chi connectivity index (χ3v) is 8.75. The molecule has 2 heterocycles. The van der Waals surface area contributed by atoms with Crippen molar-refractivity contribution in [2.24, 2.45) is 23.7 Å². The lowest BCUT2D eigenvalue weighted by Crippen LogP contribution is -2.61. The normalized spacial score (nSPS) is 37.2. The predicted octanol–water partition coefficient (Wildman–Crippen LogP) is 3.34. The smallest absolute Gasteiger partial charge is 0.261 e. The maximum atomic E-state index is 13.1. The van der Waals surface area contributed by atoms with Crippen LogP contribution in [0.5, 0.6) is 0 Å². The van der Waals surface area contributed by atoms with Gasteiger partial charge in [0.25, 0.3) is 5.91 Å². The van der Waals surface area contributed by atoms with Crippen molar-refractivity contribution in [3.63, 3.8) is 0 Å². The van der Waals surface area contributed by atoms with Crippen LogP contribution in [0.4, 0.5) is 0 Å². The van der Waals surface area contributed by atoms with Crippen LogP contribution in [-0.4, -0.2) is 41.7 Å². The lowest BCUT2D eigenvalue weighted by Gasteiger charge is -2.58. The number of hydrogen-bond acceptors (Lipinski definition) is 5. The topological polar surface area (TPSA) is 75.6 Å². The fourth-order valence-electron chi connectivity index (χ4n) is 6.42. The molecule has 1 aromatic heterocycles. The van der Waals surface area contributed by atoms with Crippen LogP contribution in [-0.2, 0) is 4.74 Å². The van der Waals surface area contributed by atoms with Crippen molar-refractivity contribution in [1.82, 2.24) is 5.32 Å². The molecule has 4 aliphatic carbocycles. The summed E-state index contributed by atoms with van der Waals surface area (Å²) in [5, 5.41) is 14.0. The minimum Gasteiger partial charge on any atom is -0.390 e. The standard InChI is InChI=1S/C22H29NO4S/c1-12-6-17(19(24)14-2-4-27-5-3-14)28-20(12)21(25)23-18-15-7-13-8-16(18)11-22(26,9-13)10-15/h6,13-16,18,26H,2-5,7-11H2,1H3,(H,23,25)/t13?,15?,16?,18-,22-. The highest BCUT2D eigenvalue weighted by molar-refractivity contribution is 7.16. The predicted molar refractivity (Wildman–Crippen MR) is 107 cm³/mol. The summed E-state index contributed by atoms with van der Waals surface area (Å²) in [5.41, 5.74) is 0.403. The fraction of sp³-hybridized carbons (Fsp3) is 0.727. The second-order valence-corrected chi connectivity index (χ2v) is 10.6. The first-order valence-corrected chi connectivity index (χ1v) is 11.5. The molecule has 4 bridgehead atoms. The monoisotopic (exact) mass is 403 g/mol. The second-order valence-electron chi connectivity index (χ2n) is 9.57. The Morgan fingerprint density at radius 3 is 2.50 bits per heavy atom. The number of amides is 1. The first-order valence-electron chi connectivity index (χ1n) is 10.7. The van der Waals surface area contributed by atoms with Gasteiger partial charge in [-0.3, -0.25) is 9.59 Å². The molecule has 5 aliphatic rings. The van der Waals surface area contributed by atoms with E-state index in [-0.39, 0.29) is 23.7 Å². The molecular formula is C22H29NO4S. The molecule has 6 heteroatoms. The Balaban J connectivity index is 1.30. The summed E-state index contributed by atoms with van der Waals surface area (Å²) in [6.07, 6.45) is 6.38. The van der Waals surface area contributed by atoms with E-state index in [0.29, 0.717) is 40.7 Å². The number of Topliss-reactive ketones (excluding diaryl/α,β-unsaturated/α-hetero) is 1. The first kappa shape index (κ1) is 18.8. The Labute approximate surface area is 169 Å². The van der Waals surface area contributed by atoms with Crippen LogP contribution in [0.1, 0.15) is 69.9 Å². The molecule has 5 fully saturated rings. The molecule has 1 aromatic rings. The molecule has 4 saturated carbocycles. The molecule has 5 nitrogen and oxygen atoms in total. The van der Waals surface area contributed by atoms with E-state index in [1.165, 1.54) is 11.3 Å². The number of carbonyl (C=O) groups is 2. The third-order valence-electron chi connectivity index (χ3n) is 7.50. The quantitative estimate of drug-likeness (QED) is 0.756. The van der Waals surface area contributed by atoms with Gasteiger partial charge in [0.1, 0.15) is 0 Å². The summed E-state index contributed by atoms with van der Waals surface area (Å²) >= 11 is 1.34. The summed E-state index contributed by atoms with van der Waals surface area (Å²) in [6.45, 7) is 3.21. The van der Waals surface area contributed by atoms with Gasteiger partial charge < -0.3 is 15.2 Å². The zero-order valence-electron chi connectivity index (χ0n) is 16.4. The van der Waals surface area contributed by atoms with Crippen LogP contribution in [0.2, 0.25) is 0 Å². The molecule has 0 aromatic carbocycles. The molecule has 1 amide bonds. The number of carbonyl (C=O) groups excluding carboxylic acids is 2. The maximum absolute atomic E-state index is 13.1. The Hall–Kier alpha value is -1.24. The van der Waals surface area contributed by atoms with Crippen LogP contribution in [0, 0.1) is 30.6 Å². The second kappa shape index (κ2) is 6.92. The SMILES string of the molecule is Cc1cc(C(=O)C2CCOCC2)sc1C(=O)N[C@H]1C2CC3CC1C[C@](O)(C3)C2. The van der Waals surface area contributed by atoms with E-state index in [4.69, 9.17) is 4.74 Å². The highest BCUT2D eigenvalue weighted by Gasteiger charge is 2.55. The summed E-state index contributed by atoms with van der Waals surface area (Å²) in [6, 6.07) is 2.05. The number of aryl methyl sites for hydroxylation is 1. The first-order chi connectivity index (χ1) is 13.4. The van der Waals surface area contributed by atoms with Gasteiger partial charge in [0.15, 0.2) is 5.78 Å². The number of ketones is 1. The number of ether oxygens (including phenoxy) is 1. The molecule has 0 radical (unpaired) electrons. The van der Waals surface area contributed by atoms with E-state index < -0.39 is 5.60 Å². The van der Waals surface area contributed by atoms with Gasteiger partial charge in [-0.25, -0.2) is 0 Å². The van der Waals surface area contributed by atoms with Gasteiger partial charge in [-0.05, 0) is 81.3 Å². The Morgan fingerprint density at radius 1 is 1.18 bits per heavy atom. The van der Waals surface area contributed by atoms with Gasteiger partial charge in [0.2, 0.25) is 0 Å². The summed E-state index contributed by atoms with van der Waals surface area (Å²) in [4.78, 5) is 27.2. The Morgan fingerprint density at radius 2 is 1.86 bits per heavy atom. The Kier molecular flexibility index (Phi) is 4.64. The van der Waals surface area contributed by atoms with Crippen LogP contribution < -0.4 is 5.32 Å². The van der Waals surface area contributed by atoms with Crippen LogP contribution in [0.15, 0.2) is 6.07 Å². The number of aliphatic hydroxyl groups is 1. The molecule has 1 aliphatic heterocycles. The van der Waals surface area contributed by atoms with Gasteiger partial charge in [0.05, 0.1) is 15.4 Å². The molecule has 0 spiro atoms. The number of hydrogen-bond donors (Lipinski definition) is 2. The lowest BCUT2D eigenvalue weighted by molar-refractivity contribution is -0.136. The van der Waals surface area contributed by atoms with Crippen molar-refractivity contribution in [3.05, 3.63) is 21.4 Å². The molecule has 2 unspecified atom stereocenters. The molecule has 2 N–H and O–H groups in total. The zero-order chi connectivity index (χ0) is 19.5. The fourth-order valence-corrected chi connectivity index (χ4v) is 7.52. The number of thiophene rings is 1. The van der Waals surface area contributed by atoms with Crippen LogP contribution >= 0.6 is 11.3 Å². The van der Waals surface area contributed by atoms with Gasteiger partial charge in [-0.15, -0.1) is 11.3 Å². The number of nitrogens with one attached hydrogen (secondary N) is 1. The zero-order valence-corrected chi connectivity index (χ0v) is 17.2. The minimum absolute atomic E-state index is 0.0212. The molecule has 152 valence electrons. The average molecular weight is 404 g/mol. The summed E-state index contributed by atoms with van der Waals surface area (Å²) in [5.74, 6) is 1.55. The van der Waals surface area contributed by atoms with Crippen molar-refractivity contribution < 1.29 is 19.4 Å². The van der Waals surface area contributed by atoms with Crippen molar-refractivity contribution in [1.29, 1.82) is 0 Å². The van der Waals surface area contributed by atoms with Gasteiger partial charge >= 0.3 is 0 Å². The Bertz CT molecular complexity index is 780. The number of rotatable bonds is 4. The van der Waals surface area contributed by atoms with E-state index in [2.05, 4.69) is 5.32 Å². The van der Waals surface area contributed by atoms with Crippen LogP contribution in [0.3, 0.4) is 0 Å². The lowest BCUT2D eigenvalue weighted by atomic mass is 9.52. The van der Waals surface area contributed by atoms with E-state index in [1.54, 1.807) is 0 Å². The third kappa shape index (κ3) is 3.23. The molecular weight excluding hydrogens is 374 g/mol. The van der Waals surface area contributed by atoms with E-state index >= 15 is 0 Å². The molecule has 1 saturated heterocycles. The van der Waals surface area contributed by atoms with Gasteiger partial charge in [0, 0.05) is 25.2 Å². The largest absolute Gasteiger partial charge is 0.390 e. The van der Waals surface area contributed by atoms with Crippen molar-refractivity contribution in [3.8, 4) is 0 Å². The highest BCUT2D eigenvalue weighted by Crippen LogP contribution is 2.55. The van der Waals surface area contributed by atoms with Gasteiger partial charge in [-0.2, -0.15) is 0 Å². The average Bonchev–Trinajstić information content (AvgIpc) is 3.05. The summed E-state index contributed by atoms with van der Waals surface area (Å²) in [7, 11) is 0. The molecule has 28 heavy (non-hydrogen) atoms. The van der Waals surface area contributed by atoms with Gasteiger partial charge in [-0.1, -0.05) is 0 Å². The van der Waals surface area contributed by atoms with E-state index in [1.807, 2.05) is 13.0 Å². The maximum Gasteiger partial charge on any atom is 0.261 e.